The van der Waals surface area contributed by atoms with Crippen LogP contribution in [0.5, 0.6) is 0 Å². The molecule has 1 aromatic carbocycles. The molecule has 1 aliphatic rings. The Balaban J connectivity index is 2.21. The second-order valence-electron chi connectivity index (χ2n) is 5.68. The van der Waals surface area contributed by atoms with Crippen molar-refractivity contribution in [3.63, 3.8) is 0 Å². The Morgan fingerprint density at radius 1 is 1.36 bits per heavy atom. The van der Waals surface area contributed by atoms with E-state index in [9.17, 15) is 17.6 Å². The lowest BCUT2D eigenvalue weighted by atomic mass is 10.0. The molecule has 1 amide bonds. The molecule has 122 valence electrons. The number of hydrogen-bond acceptors (Lipinski definition) is 4. The number of carbonyl (C=O) groups is 1. The molecule has 2 atom stereocenters. The summed E-state index contributed by atoms with van der Waals surface area (Å²) < 4.78 is 40.4. The van der Waals surface area contributed by atoms with Gasteiger partial charge in [0.05, 0.1) is 5.92 Å². The van der Waals surface area contributed by atoms with Crippen molar-refractivity contribution in [2.24, 2.45) is 11.7 Å². The number of nitrogens with two attached hydrogens (primary N) is 1. The molecule has 8 heteroatoms. The first-order valence-corrected chi connectivity index (χ1v) is 8.57. The molecule has 0 saturated heterocycles. The molecule has 22 heavy (non-hydrogen) atoms. The Labute approximate surface area is 129 Å². The largest absolute Gasteiger partial charge is 0.327 e. The SMILES string of the molecule is CC(N)C(C)C(=O)Nc1ccc(F)c(S(=O)(=O)NC2CC2)c1. The molecule has 0 bridgehead atoms. The van der Waals surface area contributed by atoms with Gasteiger partial charge in [-0.05, 0) is 38.0 Å². The van der Waals surface area contributed by atoms with Gasteiger partial charge >= 0.3 is 0 Å². The minimum Gasteiger partial charge on any atom is -0.327 e. The lowest BCUT2D eigenvalue weighted by molar-refractivity contribution is -0.119. The maximum atomic E-state index is 13.8. The zero-order chi connectivity index (χ0) is 16.5. The minimum absolute atomic E-state index is 0.124. The van der Waals surface area contributed by atoms with E-state index in [1.807, 2.05) is 0 Å². The van der Waals surface area contributed by atoms with Crippen LogP contribution in [0.25, 0.3) is 0 Å². The summed E-state index contributed by atoms with van der Waals surface area (Å²) in [6.07, 6.45) is 1.51. The van der Waals surface area contributed by atoms with Crippen LogP contribution < -0.4 is 15.8 Å². The summed E-state index contributed by atoms with van der Waals surface area (Å²) in [5.74, 6) is -1.65. The molecular weight excluding hydrogens is 309 g/mol. The average molecular weight is 329 g/mol. The lowest BCUT2D eigenvalue weighted by Gasteiger charge is -2.16. The standard InChI is InChI=1S/C14H20FN3O3S/c1-8(9(2)16)14(19)17-11-5-6-12(15)13(7-11)22(20,21)18-10-3-4-10/h5-10,18H,3-4,16H2,1-2H3,(H,17,19). The summed E-state index contributed by atoms with van der Waals surface area (Å²) in [4.78, 5) is 11.5. The Kier molecular flexibility index (Phi) is 4.84. The van der Waals surface area contributed by atoms with Crippen molar-refractivity contribution in [1.82, 2.24) is 4.72 Å². The number of sulfonamides is 1. The van der Waals surface area contributed by atoms with Crippen molar-refractivity contribution in [3.05, 3.63) is 24.0 Å². The summed E-state index contributed by atoms with van der Waals surface area (Å²) in [7, 11) is -3.92. The van der Waals surface area contributed by atoms with E-state index in [0.29, 0.717) is 0 Å². The van der Waals surface area contributed by atoms with Gasteiger partial charge in [0.2, 0.25) is 15.9 Å². The van der Waals surface area contributed by atoms with Crippen LogP contribution >= 0.6 is 0 Å². The van der Waals surface area contributed by atoms with Gasteiger partial charge in [-0.15, -0.1) is 0 Å². The summed E-state index contributed by atoms with van der Waals surface area (Å²) in [5, 5.41) is 2.55. The van der Waals surface area contributed by atoms with Gasteiger partial charge in [0, 0.05) is 17.8 Å². The van der Waals surface area contributed by atoms with Gasteiger partial charge in [-0.2, -0.15) is 0 Å². The minimum atomic E-state index is -3.92. The van der Waals surface area contributed by atoms with E-state index in [0.717, 1.165) is 25.0 Å². The first-order chi connectivity index (χ1) is 10.2. The van der Waals surface area contributed by atoms with Crippen LogP contribution in [-0.2, 0) is 14.8 Å². The van der Waals surface area contributed by atoms with E-state index in [2.05, 4.69) is 10.0 Å². The number of carbonyl (C=O) groups excluding carboxylic acids is 1. The monoisotopic (exact) mass is 329 g/mol. The van der Waals surface area contributed by atoms with Crippen LogP contribution in [0.4, 0.5) is 10.1 Å². The fourth-order valence-corrected chi connectivity index (χ4v) is 3.17. The fraction of sp³-hybridized carbons (Fsp3) is 0.500. The van der Waals surface area contributed by atoms with Gasteiger partial charge in [-0.1, -0.05) is 6.92 Å². The van der Waals surface area contributed by atoms with Gasteiger partial charge < -0.3 is 11.1 Å². The quantitative estimate of drug-likeness (QED) is 0.729. The van der Waals surface area contributed by atoms with Crippen molar-refractivity contribution in [2.75, 3.05) is 5.32 Å². The summed E-state index contributed by atoms with van der Waals surface area (Å²) in [6.45, 7) is 3.36. The van der Waals surface area contributed by atoms with Crippen LogP contribution in [-0.4, -0.2) is 26.4 Å². The molecule has 0 spiro atoms. The average Bonchev–Trinajstić information content (AvgIpc) is 3.22. The maximum Gasteiger partial charge on any atom is 0.243 e. The van der Waals surface area contributed by atoms with E-state index in [4.69, 9.17) is 5.73 Å². The smallest absolute Gasteiger partial charge is 0.243 e. The highest BCUT2D eigenvalue weighted by molar-refractivity contribution is 7.89. The van der Waals surface area contributed by atoms with Gasteiger partial charge in [0.25, 0.3) is 0 Å². The van der Waals surface area contributed by atoms with E-state index in [1.54, 1.807) is 13.8 Å². The Hall–Kier alpha value is -1.51. The highest BCUT2D eigenvalue weighted by atomic mass is 32.2. The zero-order valence-electron chi connectivity index (χ0n) is 12.5. The van der Waals surface area contributed by atoms with Crippen LogP contribution in [0.1, 0.15) is 26.7 Å². The molecule has 2 rings (SSSR count). The highest BCUT2D eigenvalue weighted by Gasteiger charge is 2.30. The summed E-state index contributed by atoms with van der Waals surface area (Å²) in [6, 6.07) is 2.98. The van der Waals surface area contributed by atoms with Crippen molar-refractivity contribution in [2.45, 2.75) is 43.7 Å². The predicted octanol–water partition coefficient (Wildman–Crippen LogP) is 1.19. The predicted molar refractivity (Wildman–Crippen MR) is 81.2 cm³/mol. The molecule has 0 radical (unpaired) electrons. The molecule has 1 aliphatic carbocycles. The molecule has 0 aliphatic heterocycles. The van der Waals surface area contributed by atoms with E-state index in [1.165, 1.54) is 6.07 Å². The van der Waals surface area contributed by atoms with Crippen molar-refractivity contribution >= 4 is 21.6 Å². The lowest BCUT2D eigenvalue weighted by Crippen LogP contribution is -2.34. The molecule has 4 N–H and O–H groups in total. The van der Waals surface area contributed by atoms with Crippen LogP contribution in [0.2, 0.25) is 0 Å². The first-order valence-electron chi connectivity index (χ1n) is 7.09. The maximum absolute atomic E-state index is 13.8. The number of amides is 1. The Morgan fingerprint density at radius 2 is 2.00 bits per heavy atom. The molecule has 0 aromatic heterocycles. The van der Waals surface area contributed by atoms with Crippen LogP contribution in [0.3, 0.4) is 0 Å². The highest BCUT2D eigenvalue weighted by Crippen LogP contribution is 2.25. The molecule has 2 unspecified atom stereocenters. The van der Waals surface area contributed by atoms with Gasteiger partial charge in [0.1, 0.15) is 10.7 Å². The number of halogens is 1. The second-order valence-corrected chi connectivity index (χ2v) is 7.36. The van der Waals surface area contributed by atoms with E-state index in [-0.39, 0.29) is 23.7 Å². The summed E-state index contributed by atoms with van der Waals surface area (Å²) in [5.41, 5.74) is 5.87. The van der Waals surface area contributed by atoms with E-state index < -0.39 is 26.7 Å². The summed E-state index contributed by atoms with van der Waals surface area (Å²) >= 11 is 0. The third-order valence-corrected chi connectivity index (χ3v) is 5.13. The number of benzene rings is 1. The van der Waals surface area contributed by atoms with Gasteiger partial charge in [-0.25, -0.2) is 17.5 Å². The van der Waals surface area contributed by atoms with Gasteiger partial charge in [-0.3, -0.25) is 4.79 Å². The topological polar surface area (TPSA) is 101 Å². The van der Waals surface area contributed by atoms with Crippen LogP contribution in [0, 0.1) is 11.7 Å². The van der Waals surface area contributed by atoms with Crippen molar-refractivity contribution < 1.29 is 17.6 Å². The Bertz CT molecular complexity index is 672. The van der Waals surface area contributed by atoms with Crippen molar-refractivity contribution in [1.29, 1.82) is 0 Å². The number of anilines is 1. The molecule has 1 aromatic rings. The number of hydrogen-bond donors (Lipinski definition) is 3. The van der Waals surface area contributed by atoms with E-state index >= 15 is 0 Å². The third-order valence-electron chi connectivity index (χ3n) is 3.59. The van der Waals surface area contributed by atoms with Crippen molar-refractivity contribution in [3.8, 4) is 0 Å². The molecular formula is C14H20FN3O3S. The molecule has 6 nitrogen and oxygen atoms in total. The van der Waals surface area contributed by atoms with Crippen LogP contribution in [0.15, 0.2) is 23.1 Å². The molecule has 0 heterocycles. The second kappa shape index (κ2) is 6.31. The first kappa shape index (κ1) is 16.9. The zero-order valence-corrected chi connectivity index (χ0v) is 13.3. The third kappa shape index (κ3) is 4.02. The number of nitrogens with one attached hydrogen (secondary N) is 2. The Morgan fingerprint density at radius 3 is 2.55 bits per heavy atom. The molecule has 1 saturated carbocycles. The molecule has 1 fully saturated rings. The fourth-order valence-electron chi connectivity index (χ4n) is 1.77. The van der Waals surface area contributed by atoms with Gasteiger partial charge in [0.15, 0.2) is 0 Å². The normalized spacial score (nSPS) is 17.8. The number of rotatable bonds is 6.